The standard InChI is InChI=1S/C15H17FN2O2S/c16-11-7-9(17)5-6-12(11)21-13-8-14(19)18(15(13)20)10-3-1-2-4-10/h5-7,10,13H,1-4,8,17H2. The number of nitrogens with zero attached hydrogens (tertiary/aromatic N) is 1. The van der Waals surface area contributed by atoms with E-state index in [0.29, 0.717) is 10.6 Å². The van der Waals surface area contributed by atoms with E-state index in [1.807, 2.05) is 0 Å². The average molecular weight is 308 g/mol. The van der Waals surface area contributed by atoms with Gasteiger partial charge in [-0.3, -0.25) is 14.5 Å². The first-order chi connectivity index (χ1) is 10.1. The largest absolute Gasteiger partial charge is 0.399 e. The maximum atomic E-state index is 13.8. The number of likely N-dealkylation sites (tertiary alicyclic amines) is 1. The lowest BCUT2D eigenvalue weighted by Crippen LogP contribution is -2.39. The van der Waals surface area contributed by atoms with Crippen LogP contribution in [0, 0.1) is 5.82 Å². The second kappa shape index (κ2) is 5.67. The van der Waals surface area contributed by atoms with Crippen LogP contribution in [0.4, 0.5) is 10.1 Å². The molecular weight excluding hydrogens is 291 g/mol. The Morgan fingerprint density at radius 1 is 1.24 bits per heavy atom. The quantitative estimate of drug-likeness (QED) is 0.688. The molecule has 0 spiro atoms. The number of amides is 2. The molecule has 1 saturated carbocycles. The lowest BCUT2D eigenvalue weighted by Gasteiger charge is -2.22. The molecule has 1 heterocycles. The molecule has 3 rings (SSSR count). The van der Waals surface area contributed by atoms with Crippen LogP contribution in [0.1, 0.15) is 32.1 Å². The molecule has 21 heavy (non-hydrogen) atoms. The number of halogens is 1. The molecule has 1 aliphatic heterocycles. The highest BCUT2D eigenvalue weighted by atomic mass is 32.2. The van der Waals surface area contributed by atoms with Gasteiger partial charge in [-0.05, 0) is 31.0 Å². The van der Waals surface area contributed by atoms with E-state index in [1.54, 1.807) is 12.1 Å². The normalized spacial score (nSPS) is 23.3. The average Bonchev–Trinajstić information content (AvgIpc) is 3.02. The zero-order valence-electron chi connectivity index (χ0n) is 11.5. The molecule has 1 aromatic carbocycles. The molecule has 4 nitrogen and oxygen atoms in total. The molecule has 2 amide bonds. The fraction of sp³-hybridized carbons (Fsp3) is 0.467. The summed E-state index contributed by atoms with van der Waals surface area (Å²) in [6, 6.07) is 4.44. The second-order valence-corrected chi connectivity index (χ2v) is 6.79. The molecule has 2 N–H and O–H groups in total. The van der Waals surface area contributed by atoms with E-state index in [-0.39, 0.29) is 24.3 Å². The van der Waals surface area contributed by atoms with E-state index >= 15 is 0 Å². The molecule has 0 radical (unpaired) electrons. The van der Waals surface area contributed by atoms with Gasteiger partial charge in [-0.15, -0.1) is 11.8 Å². The molecule has 1 saturated heterocycles. The van der Waals surface area contributed by atoms with Crippen molar-refractivity contribution < 1.29 is 14.0 Å². The lowest BCUT2D eigenvalue weighted by atomic mass is 10.2. The predicted molar refractivity (Wildman–Crippen MR) is 79.2 cm³/mol. The van der Waals surface area contributed by atoms with Gasteiger partial charge in [0.05, 0.1) is 5.25 Å². The zero-order valence-corrected chi connectivity index (χ0v) is 12.4. The first-order valence-corrected chi connectivity index (χ1v) is 8.02. The molecule has 1 aliphatic carbocycles. The van der Waals surface area contributed by atoms with Gasteiger partial charge >= 0.3 is 0 Å². The fourth-order valence-electron chi connectivity index (χ4n) is 3.03. The SMILES string of the molecule is Nc1ccc(SC2CC(=O)N(C3CCCC3)C2=O)c(F)c1. The van der Waals surface area contributed by atoms with Crippen molar-refractivity contribution in [2.24, 2.45) is 0 Å². The summed E-state index contributed by atoms with van der Waals surface area (Å²) in [6.45, 7) is 0. The number of anilines is 1. The minimum Gasteiger partial charge on any atom is -0.399 e. The van der Waals surface area contributed by atoms with E-state index < -0.39 is 11.1 Å². The maximum absolute atomic E-state index is 13.8. The van der Waals surface area contributed by atoms with Gasteiger partial charge in [0.2, 0.25) is 11.8 Å². The lowest BCUT2D eigenvalue weighted by molar-refractivity contribution is -0.140. The Morgan fingerprint density at radius 3 is 2.62 bits per heavy atom. The van der Waals surface area contributed by atoms with Gasteiger partial charge in [0.15, 0.2) is 0 Å². The van der Waals surface area contributed by atoms with Crippen molar-refractivity contribution in [2.75, 3.05) is 5.73 Å². The summed E-state index contributed by atoms with van der Waals surface area (Å²) < 4.78 is 13.8. The van der Waals surface area contributed by atoms with Gasteiger partial charge < -0.3 is 5.73 Å². The van der Waals surface area contributed by atoms with Crippen LogP contribution in [0.25, 0.3) is 0 Å². The van der Waals surface area contributed by atoms with E-state index in [2.05, 4.69) is 0 Å². The van der Waals surface area contributed by atoms with Crippen LogP contribution < -0.4 is 5.73 Å². The molecule has 1 unspecified atom stereocenters. The topological polar surface area (TPSA) is 63.4 Å². The number of nitrogens with two attached hydrogens (primary N) is 1. The summed E-state index contributed by atoms with van der Waals surface area (Å²) in [4.78, 5) is 26.3. The molecule has 112 valence electrons. The summed E-state index contributed by atoms with van der Waals surface area (Å²) in [5.41, 5.74) is 5.86. The minimum atomic E-state index is -0.517. The number of carbonyl (C=O) groups is 2. The first-order valence-electron chi connectivity index (χ1n) is 7.14. The van der Waals surface area contributed by atoms with Crippen LogP contribution in [0.15, 0.2) is 23.1 Å². The van der Waals surface area contributed by atoms with Crippen LogP contribution in [-0.2, 0) is 9.59 Å². The van der Waals surface area contributed by atoms with Crippen LogP contribution in [0.3, 0.4) is 0 Å². The van der Waals surface area contributed by atoms with Gasteiger partial charge in [-0.2, -0.15) is 0 Å². The number of imide groups is 1. The summed E-state index contributed by atoms with van der Waals surface area (Å²) >= 11 is 1.12. The number of hydrogen-bond donors (Lipinski definition) is 1. The third-order valence-electron chi connectivity index (χ3n) is 4.06. The number of hydrogen-bond acceptors (Lipinski definition) is 4. The Morgan fingerprint density at radius 2 is 1.95 bits per heavy atom. The highest BCUT2D eigenvalue weighted by molar-refractivity contribution is 8.00. The van der Waals surface area contributed by atoms with E-state index in [9.17, 15) is 14.0 Å². The van der Waals surface area contributed by atoms with Crippen LogP contribution >= 0.6 is 11.8 Å². The van der Waals surface area contributed by atoms with E-state index in [0.717, 1.165) is 37.4 Å². The second-order valence-electron chi connectivity index (χ2n) is 5.54. The number of thioether (sulfide) groups is 1. The molecule has 1 aromatic rings. The van der Waals surface area contributed by atoms with Gasteiger partial charge in [0, 0.05) is 23.0 Å². The van der Waals surface area contributed by atoms with Crippen molar-refractivity contribution in [3.63, 3.8) is 0 Å². The molecule has 1 atom stereocenters. The van der Waals surface area contributed by atoms with Crippen molar-refractivity contribution in [1.82, 2.24) is 4.90 Å². The fourth-order valence-corrected chi connectivity index (χ4v) is 4.09. The highest BCUT2D eigenvalue weighted by Gasteiger charge is 2.43. The Hall–Kier alpha value is -1.56. The predicted octanol–water partition coefficient (Wildman–Crippen LogP) is 2.57. The zero-order chi connectivity index (χ0) is 15.0. The summed E-state index contributed by atoms with van der Waals surface area (Å²) in [5.74, 6) is -0.743. The van der Waals surface area contributed by atoms with Crippen LogP contribution in [-0.4, -0.2) is 28.0 Å². The highest BCUT2D eigenvalue weighted by Crippen LogP contribution is 2.36. The molecule has 2 aliphatic rings. The molecule has 0 aromatic heterocycles. The van der Waals surface area contributed by atoms with Crippen LogP contribution in [0.2, 0.25) is 0 Å². The number of carbonyl (C=O) groups excluding carboxylic acids is 2. The minimum absolute atomic E-state index is 0.0480. The maximum Gasteiger partial charge on any atom is 0.243 e. The van der Waals surface area contributed by atoms with Crippen molar-refractivity contribution in [2.45, 2.75) is 48.3 Å². The Balaban J connectivity index is 1.75. The van der Waals surface area contributed by atoms with Crippen molar-refractivity contribution in [3.05, 3.63) is 24.0 Å². The first kappa shape index (κ1) is 14.4. The Kier molecular flexibility index (Phi) is 3.89. The third kappa shape index (κ3) is 2.77. The van der Waals surface area contributed by atoms with Crippen molar-refractivity contribution >= 4 is 29.3 Å². The van der Waals surface area contributed by atoms with E-state index in [4.69, 9.17) is 5.73 Å². The van der Waals surface area contributed by atoms with Gasteiger partial charge in [0.25, 0.3) is 0 Å². The number of nitrogen functional groups attached to an aromatic ring is 1. The number of rotatable bonds is 3. The van der Waals surface area contributed by atoms with Crippen molar-refractivity contribution in [3.8, 4) is 0 Å². The molecule has 6 heteroatoms. The van der Waals surface area contributed by atoms with Crippen LogP contribution in [0.5, 0.6) is 0 Å². The molecule has 0 bridgehead atoms. The molecular formula is C15H17FN2O2S. The third-order valence-corrected chi connectivity index (χ3v) is 5.29. The number of benzene rings is 1. The smallest absolute Gasteiger partial charge is 0.243 e. The Labute approximate surface area is 126 Å². The monoisotopic (exact) mass is 308 g/mol. The summed E-state index contributed by atoms with van der Waals surface area (Å²) in [6.07, 6.45) is 4.07. The summed E-state index contributed by atoms with van der Waals surface area (Å²) in [7, 11) is 0. The summed E-state index contributed by atoms with van der Waals surface area (Å²) in [5, 5.41) is -0.517. The Bertz CT molecular complexity index is 587. The van der Waals surface area contributed by atoms with Gasteiger partial charge in [0.1, 0.15) is 5.82 Å². The van der Waals surface area contributed by atoms with Crippen molar-refractivity contribution in [1.29, 1.82) is 0 Å². The van der Waals surface area contributed by atoms with Gasteiger partial charge in [-0.25, -0.2) is 4.39 Å². The molecule has 2 fully saturated rings. The van der Waals surface area contributed by atoms with E-state index in [1.165, 1.54) is 11.0 Å². The van der Waals surface area contributed by atoms with Gasteiger partial charge in [-0.1, -0.05) is 12.8 Å².